The van der Waals surface area contributed by atoms with Crippen LogP contribution in [-0.4, -0.2) is 49.8 Å². The molecule has 204 valence electrons. The molecule has 0 saturated carbocycles. The van der Waals surface area contributed by atoms with E-state index in [4.69, 9.17) is 14.5 Å². The molecule has 40 heavy (non-hydrogen) atoms. The molecule has 5 aromatic rings. The molecule has 0 radical (unpaired) electrons. The normalized spacial score (nSPS) is 15.2. The Labute approximate surface area is 230 Å². The summed E-state index contributed by atoms with van der Waals surface area (Å²) in [7, 11) is -1.32. The number of fused-ring (bicyclic) bond motifs is 3. The maximum atomic E-state index is 14.6. The fourth-order valence-electron chi connectivity index (χ4n) is 4.97. The topological polar surface area (TPSA) is 112 Å². The molecule has 0 bridgehead atoms. The molecule has 1 unspecified atom stereocenters. The number of pyridine rings is 1. The van der Waals surface area contributed by atoms with Gasteiger partial charge in [0.2, 0.25) is 0 Å². The number of nitriles is 1. The van der Waals surface area contributed by atoms with Crippen LogP contribution in [0.5, 0.6) is 5.75 Å². The molecule has 12 heteroatoms. The van der Waals surface area contributed by atoms with Crippen molar-refractivity contribution in [3.05, 3.63) is 76.4 Å². The number of hydrogen-bond donors (Lipinski definition) is 0. The Morgan fingerprint density at radius 1 is 1.20 bits per heavy atom. The molecule has 0 N–H and O–H groups in total. The van der Waals surface area contributed by atoms with Crippen LogP contribution in [0, 0.1) is 17.1 Å². The van der Waals surface area contributed by atoms with Gasteiger partial charge in [0, 0.05) is 32.9 Å². The van der Waals surface area contributed by atoms with E-state index in [1.165, 1.54) is 10.6 Å². The predicted octanol–water partition coefficient (Wildman–Crippen LogP) is 4.60. The van der Waals surface area contributed by atoms with Gasteiger partial charge in [0.15, 0.2) is 23.0 Å². The van der Waals surface area contributed by atoms with Crippen LogP contribution in [-0.2, 0) is 11.5 Å². The van der Waals surface area contributed by atoms with Gasteiger partial charge >= 0.3 is 5.69 Å². The Morgan fingerprint density at radius 3 is 2.85 bits per heavy atom. The highest BCUT2D eigenvalue weighted by atomic mass is 28.3. The van der Waals surface area contributed by atoms with Crippen LogP contribution in [0.3, 0.4) is 0 Å². The summed E-state index contributed by atoms with van der Waals surface area (Å²) < 4.78 is 31.1. The number of ether oxygens (including phenoxy) is 2. The predicted molar refractivity (Wildman–Crippen MR) is 149 cm³/mol. The van der Waals surface area contributed by atoms with E-state index >= 15 is 0 Å². The first kappa shape index (κ1) is 25.9. The van der Waals surface area contributed by atoms with Gasteiger partial charge in [-0.05, 0) is 24.2 Å². The van der Waals surface area contributed by atoms with E-state index in [1.54, 1.807) is 51.8 Å². The lowest BCUT2D eigenvalue weighted by atomic mass is 10.00. The van der Waals surface area contributed by atoms with Gasteiger partial charge in [0.05, 0.1) is 30.6 Å². The number of para-hydroxylation sites is 1. The summed E-state index contributed by atoms with van der Waals surface area (Å²) in [5, 5.41) is 9.38. The highest BCUT2D eigenvalue weighted by Gasteiger charge is 2.30. The van der Waals surface area contributed by atoms with Crippen LogP contribution < -0.4 is 10.4 Å². The fourth-order valence-corrected chi connectivity index (χ4v) is 5.73. The van der Waals surface area contributed by atoms with Crippen molar-refractivity contribution in [2.75, 3.05) is 13.2 Å². The van der Waals surface area contributed by atoms with Crippen molar-refractivity contribution >= 4 is 24.9 Å². The molecule has 4 aromatic heterocycles. The lowest BCUT2D eigenvalue weighted by Gasteiger charge is -2.26. The number of aromatic nitrogens is 6. The molecule has 1 aliphatic rings. The Hall–Kier alpha value is -4.34. The summed E-state index contributed by atoms with van der Waals surface area (Å²) in [5.74, 6) is 0.0215. The number of halogens is 1. The van der Waals surface area contributed by atoms with Gasteiger partial charge in [0.1, 0.15) is 29.7 Å². The van der Waals surface area contributed by atoms with E-state index in [2.05, 4.69) is 35.7 Å². The summed E-state index contributed by atoms with van der Waals surface area (Å²) >= 11 is 0. The molecule has 0 aliphatic carbocycles. The second-order valence-corrected chi connectivity index (χ2v) is 16.7. The number of rotatable bonds is 7. The minimum Gasteiger partial charge on any atom is -0.490 e. The fraction of sp³-hybridized carbons (Fsp3) is 0.321. The van der Waals surface area contributed by atoms with E-state index in [0.717, 1.165) is 6.04 Å². The number of imidazole rings is 2. The lowest BCUT2D eigenvalue weighted by molar-refractivity contribution is 0.0868. The Balaban J connectivity index is 1.51. The maximum absolute atomic E-state index is 14.6. The van der Waals surface area contributed by atoms with E-state index in [-0.39, 0.29) is 24.8 Å². The molecule has 6 rings (SSSR count). The van der Waals surface area contributed by atoms with Crippen molar-refractivity contribution in [1.82, 2.24) is 28.5 Å². The summed E-state index contributed by atoms with van der Waals surface area (Å²) in [6.07, 6.45) is 5.38. The third-order valence-corrected chi connectivity index (χ3v) is 8.80. The maximum Gasteiger partial charge on any atom is 0.332 e. The average molecular weight is 558 g/mol. The van der Waals surface area contributed by atoms with Gasteiger partial charge in [-0.25, -0.2) is 24.1 Å². The molecular formula is C28H28FN7O3Si. The van der Waals surface area contributed by atoms with Crippen LogP contribution in [0.2, 0.25) is 25.7 Å². The van der Waals surface area contributed by atoms with Gasteiger partial charge < -0.3 is 9.47 Å². The number of nitrogens with zero attached hydrogens (tertiary/aromatic N) is 7. The summed E-state index contributed by atoms with van der Waals surface area (Å²) in [6, 6.07) is 10.8. The summed E-state index contributed by atoms with van der Waals surface area (Å²) in [5.41, 5.74) is 2.85. The van der Waals surface area contributed by atoms with Crippen molar-refractivity contribution in [3.8, 4) is 23.3 Å². The zero-order valence-electron chi connectivity index (χ0n) is 22.5. The second-order valence-electron chi connectivity index (χ2n) is 11.0. The smallest absolute Gasteiger partial charge is 0.332 e. The summed E-state index contributed by atoms with van der Waals surface area (Å²) in [4.78, 5) is 27.8. The van der Waals surface area contributed by atoms with Crippen molar-refractivity contribution in [1.29, 1.82) is 5.26 Å². The SMILES string of the molecule is C[Si](C)(C)CCOCn1c(=O)n(C2CCOc3c(F)cccc32)c2nc(-c3cnc4ccc(C#N)cn34)ncc21. The highest BCUT2D eigenvalue weighted by molar-refractivity contribution is 6.76. The molecule has 0 fully saturated rings. The van der Waals surface area contributed by atoms with E-state index in [1.807, 2.05) is 0 Å². The van der Waals surface area contributed by atoms with E-state index < -0.39 is 19.9 Å². The second kappa shape index (κ2) is 10.00. The van der Waals surface area contributed by atoms with Crippen LogP contribution >= 0.6 is 0 Å². The molecule has 1 aliphatic heterocycles. The average Bonchev–Trinajstić information content (AvgIpc) is 3.48. The minimum atomic E-state index is -1.32. The third-order valence-electron chi connectivity index (χ3n) is 7.09. The van der Waals surface area contributed by atoms with Gasteiger partial charge in [0.25, 0.3) is 0 Å². The molecule has 0 saturated heterocycles. The van der Waals surface area contributed by atoms with Gasteiger partial charge in [-0.15, -0.1) is 0 Å². The first-order valence-electron chi connectivity index (χ1n) is 13.1. The number of hydrogen-bond acceptors (Lipinski definition) is 7. The van der Waals surface area contributed by atoms with Crippen molar-refractivity contribution in [2.45, 2.75) is 44.9 Å². The van der Waals surface area contributed by atoms with E-state index in [0.29, 0.717) is 52.5 Å². The van der Waals surface area contributed by atoms with Crippen LogP contribution in [0.25, 0.3) is 28.3 Å². The molecule has 1 atom stereocenters. The zero-order chi connectivity index (χ0) is 28.0. The van der Waals surface area contributed by atoms with Gasteiger partial charge in [-0.1, -0.05) is 31.8 Å². The highest BCUT2D eigenvalue weighted by Crippen LogP contribution is 2.37. The first-order chi connectivity index (χ1) is 19.2. The Bertz CT molecular complexity index is 1850. The van der Waals surface area contributed by atoms with Crippen LogP contribution in [0.4, 0.5) is 4.39 Å². The standard InChI is InChI=1S/C28H28FN7O3Si/c1-40(2,3)12-11-38-17-35-23-15-32-26(22-14-31-24-8-7-18(13-30)16-34(22)24)33-27(23)36(28(35)37)21-9-10-39-25-19(21)5-4-6-20(25)29/h4-8,14-16,21H,9-12,17H2,1-3H3. The molecule has 10 nitrogen and oxygen atoms in total. The molecule has 5 heterocycles. The molecule has 0 spiro atoms. The van der Waals surface area contributed by atoms with Crippen molar-refractivity contribution < 1.29 is 13.9 Å². The van der Waals surface area contributed by atoms with Gasteiger partial charge in [-0.3, -0.25) is 13.5 Å². The third kappa shape index (κ3) is 4.57. The lowest BCUT2D eigenvalue weighted by Crippen LogP contribution is -2.32. The van der Waals surface area contributed by atoms with Crippen LogP contribution in [0.15, 0.2) is 53.7 Å². The van der Waals surface area contributed by atoms with Crippen molar-refractivity contribution in [3.63, 3.8) is 0 Å². The molecule has 0 amide bonds. The van der Waals surface area contributed by atoms with Crippen LogP contribution in [0.1, 0.15) is 23.6 Å². The molecular weight excluding hydrogens is 529 g/mol. The van der Waals surface area contributed by atoms with E-state index in [9.17, 15) is 14.4 Å². The van der Waals surface area contributed by atoms with Crippen molar-refractivity contribution in [2.24, 2.45) is 0 Å². The summed E-state index contributed by atoms with van der Waals surface area (Å²) in [6.45, 7) is 7.66. The minimum absolute atomic E-state index is 0.0515. The number of benzene rings is 1. The Morgan fingerprint density at radius 2 is 2.05 bits per heavy atom. The zero-order valence-corrected chi connectivity index (χ0v) is 23.5. The molecule has 1 aromatic carbocycles. The van der Waals surface area contributed by atoms with Gasteiger partial charge in [-0.2, -0.15) is 5.26 Å². The Kier molecular flexibility index (Phi) is 6.48. The largest absolute Gasteiger partial charge is 0.490 e. The monoisotopic (exact) mass is 557 g/mol. The quantitative estimate of drug-likeness (QED) is 0.212. The first-order valence-corrected chi connectivity index (χ1v) is 16.8.